The number of aryl methyl sites for hydroxylation is 2. The van der Waals surface area contributed by atoms with E-state index in [0.29, 0.717) is 49.2 Å². The van der Waals surface area contributed by atoms with Gasteiger partial charge in [-0.2, -0.15) is 5.10 Å². The maximum Gasteiger partial charge on any atom is 0.272 e. The Bertz CT molecular complexity index is 2010. The third kappa shape index (κ3) is 9.89. The average Bonchev–Trinajstić information content (AvgIpc) is 3.65. The van der Waals surface area contributed by atoms with Crippen LogP contribution in [-0.2, 0) is 30.8 Å². The first kappa shape index (κ1) is 39.2. The molecule has 2 amide bonds. The number of hydrogen-bond donors (Lipinski definition) is 3. The lowest BCUT2D eigenvalue weighted by molar-refractivity contribution is 0.0342. The fourth-order valence-electron chi connectivity index (χ4n) is 8.93. The van der Waals surface area contributed by atoms with E-state index < -0.39 is 11.7 Å². The smallest absolute Gasteiger partial charge is 0.272 e. The highest BCUT2D eigenvalue weighted by molar-refractivity contribution is 5.96. The van der Waals surface area contributed by atoms with Crippen molar-refractivity contribution in [1.82, 2.24) is 40.5 Å². The topological polar surface area (TPSA) is 126 Å². The van der Waals surface area contributed by atoms with Crippen LogP contribution in [0.15, 0.2) is 60.8 Å². The van der Waals surface area contributed by atoms with Crippen LogP contribution in [0, 0.1) is 5.82 Å². The normalized spacial score (nSPS) is 23.1. The molecule has 1 aliphatic carbocycles. The van der Waals surface area contributed by atoms with Crippen molar-refractivity contribution in [3.63, 3.8) is 0 Å². The van der Waals surface area contributed by atoms with Gasteiger partial charge in [-0.05, 0) is 105 Å². The van der Waals surface area contributed by atoms with Crippen molar-refractivity contribution >= 4 is 11.8 Å². The summed E-state index contributed by atoms with van der Waals surface area (Å²) in [7, 11) is 0. The van der Waals surface area contributed by atoms with Crippen LogP contribution < -0.4 is 20.7 Å². The number of rotatable bonds is 11. The molecule has 1 saturated carbocycles. The van der Waals surface area contributed by atoms with Crippen LogP contribution in [-0.4, -0.2) is 99.9 Å². The zero-order valence-electron chi connectivity index (χ0n) is 33.1. The van der Waals surface area contributed by atoms with Gasteiger partial charge in [0.1, 0.15) is 22.8 Å². The fraction of sp³-hybridized carbons (Fsp3) is 0.500. The Balaban J connectivity index is 0.930. The molecule has 4 aromatic rings. The number of halogens is 1. The van der Waals surface area contributed by atoms with Gasteiger partial charge >= 0.3 is 0 Å². The number of carbonyl (C=O) groups excluding carboxylic acids is 2. The quantitative estimate of drug-likeness (QED) is 0.176. The first-order valence-electron chi connectivity index (χ1n) is 20.7. The highest BCUT2D eigenvalue weighted by Gasteiger charge is 2.28. The molecule has 3 N–H and O–H groups in total. The number of ether oxygens (including phenoxy) is 2. The second kappa shape index (κ2) is 17.8. The van der Waals surface area contributed by atoms with Crippen molar-refractivity contribution in [2.24, 2.45) is 0 Å². The summed E-state index contributed by atoms with van der Waals surface area (Å²) in [6, 6.07) is 18.4. The molecule has 302 valence electrons. The Morgan fingerprint density at radius 3 is 2.39 bits per heavy atom. The Morgan fingerprint density at radius 2 is 1.63 bits per heavy atom. The molecular formula is C44H55FN8O4. The largest absolute Gasteiger partial charge is 0.438 e. The van der Waals surface area contributed by atoms with Crippen molar-refractivity contribution in [3.8, 4) is 22.8 Å². The zero-order valence-corrected chi connectivity index (χ0v) is 33.1. The molecule has 2 saturated heterocycles. The van der Waals surface area contributed by atoms with E-state index in [1.54, 1.807) is 0 Å². The lowest BCUT2D eigenvalue weighted by Gasteiger charge is -2.36. The van der Waals surface area contributed by atoms with Crippen LogP contribution in [0.2, 0.25) is 0 Å². The fourth-order valence-corrected chi connectivity index (χ4v) is 8.93. The standard InChI is InChI=1S/C44H55FN8O4/c1-29-25-52(26-30(2)47-29)27-31-9-14-39(33(20-31)28-51-16-18-56-19-17-51)32-6-5-8-38(21-32)57-44-40(22-34(45)24-46-44)42(54)48-35-10-12-36(13-11-35)49-43(55)41-23-37-7-3-4-15-53(37)50-41/h5-6,8-9,14,20-24,29-30,35-36,47H,3-4,7,10-13,15-19,25-28H2,1-2H3,(H,48,54)(H,49,55)/t29-,30+,35-,36+. The van der Waals surface area contributed by atoms with Gasteiger partial charge in [0.25, 0.3) is 11.8 Å². The van der Waals surface area contributed by atoms with Gasteiger partial charge in [0.2, 0.25) is 5.88 Å². The minimum Gasteiger partial charge on any atom is -0.438 e. The van der Waals surface area contributed by atoms with E-state index in [0.717, 1.165) is 101 Å². The number of benzene rings is 2. The van der Waals surface area contributed by atoms with E-state index in [1.165, 1.54) is 17.2 Å². The molecule has 2 atom stereocenters. The molecule has 0 bridgehead atoms. The summed E-state index contributed by atoms with van der Waals surface area (Å²) in [6.45, 7) is 12.3. The summed E-state index contributed by atoms with van der Waals surface area (Å²) < 4.78 is 28.4. The van der Waals surface area contributed by atoms with E-state index in [9.17, 15) is 14.0 Å². The van der Waals surface area contributed by atoms with Crippen LogP contribution in [0.1, 0.15) is 90.0 Å². The van der Waals surface area contributed by atoms with Crippen LogP contribution >= 0.6 is 0 Å². The van der Waals surface area contributed by atoms with Gasteiger partial charge in [0.05, 0.1) is 19.4 Å². The molecule has 0 radical (unpaired) electrons. The van der Waals surface area contributed by atoms with Gasteiger partial charge in [-0.25, -0.2) is 9.37 Å². The van der Waals surface area contributed by atoms with Crippen LogP contribution in [0.25, 0.3) is 11.1 Å². The summed E-state index contributed by atoms with van der Waals surface area (Å²) in [5.74, 6) is -0.674. The van der Waals surface area contributed by atoms with E-state index in [2.05, 4.69) is 73.9 Å². The van der Waals surface area contributed by atoms with Crippen molar-refractivity contribution < 1.29 is 23.5 Å². The maximum absolute atomic E-state index is 14.6. The molecule has 57 heavy (non-hydrogen) atoms. The Morgan fingerprint density at radius 1 is 0.877 bits per heavy atom. The number of morpholine rings is 1. The summed E-state index contributed by atoms with van der Waals surface area (Å²) in [4.78, 5) is 35.8. The van der Waals surface area contributed by atoms with Crippen molar-refractivity contribution in [2.75, 3.05) is 39.4 Å². The number of hydrogen-bond acceptors (Lipinski definition) is 9. The van der Waals surface area contributed by atoms with E-state index in [1.807, 2.05) is 28.9 Å². The highest BCUT2D eigenvalue weighted by Crippen LogP contribution is 2.32. The number of fused-ring (bicyclic) bond motifs is 1. The summed E-state index contributed by atoms with van der Waals surface area (Å²) in [6.07, 6.45) is 7.01. The van der Waals surface area contributed by atoms with Gasteiger partial charge in [0, 0.05) is 75.7 Å². The second-order valence-corrected chi connectivity index (χ2v) is 16.4. The molecule has 0 spiro atoms. The highest BCUT2D eigenvalue weighted by atomic mass is 19.1. The minimum atomic E-state index is -0.619. The predicted octanol–water partition coefficient (Wildman–Crippen LogP) is 5.70. The SMILES string of the molecule is C[C@@H]1CN(Cc2ccc(-c3cccc(Oc4ncc(F)cc4C(=O)N[C@H]4CC[C@@H](NC(=O)c5cc6n(n5)CCCC6)CC4)c3)c(CN3CCOCC3)c2)C[C@H](C)N1. The number of nitrogens with one attached hydrogen (secondary N) is 3. The van der Waals surface area contributed by atoms with Crippen molar-refractivity contribution in [3.05, 3.63) is 94.7 Å². The molecule has 13 heteroatoms. The minimum absolute atomic E-state index is 0.00294. The lowest BCUT2D eigenvalue weighted by Crippen LogP contribution is -2.53. The molecule has 4 aliphatic rings. The van der Waals surface area contributed by atoms with Gasteiger partial charge < -0.3 is 25.4 Å². The molecule has 2 aromatic carbocycles. The number of piperazine rings is 1. The lowest BCUT2D eigenvalue weighted by atomic mass is 9.91. The molecular weight excluding hydrogens is 724 g/mol. The third-order valence-electron chi connectivity index (χ3n) is 11.7. The number of amides is 2. The summed E-state index contributed by atoms with van der Waals surface area (Å²) in [5, 5.41) is 14.4. The third-order valence-corrected chi connectivity index (χ3v) is 11.7. The van der Waals surface area contributed by atoms with E-state index >= 15 is 0 Å². The molecule has 5 heterocycles. The molecule has 2 aromatic heterocycles. The Labute approximate surface area is 334 Å². The summed E-state index contributed by atoms with van der Waals surface area (Å²) in [5.41, 5.74) is 6.23. The zero-order chi connectivity index (χ0) is 39.3. The number of aromatic nitrogens is 3. The van der Waals surface area contributed by atoms with E-state index in [-0.39, 0.29) is 29.4 Å². The maximum atomic E-state index is 14.6. The molecule has 3 aliphatic heterocycles. The molecule has 12 nitrogen and oxygen atoms in total. The monoisotopic (exact) mass is 778 g/mol. The summed E-state index contributed by atoms with van der Waals surface area (Å²) >= 11 is 0. The van der Waals surface area contributed by atoms with Crippen molar-refractivity contribution in [2.45, 2.75) is 103 Å². The molecule has 0 unspecified atom stereocenters. The first-order chi connectivity index (χ1) is 27.7. The van der Waals surface area contributed by atoms with Gasteiger partial charge in [0.15, 0.2) is 0 Å². The number of carbonyl (C=O) groups is 2. The average molecular weight is 779 g/mol. The first-order valence-corrected chi connectivity index (χ1v) is 20.7. The van der Waals surface area contributed by atoms with Crippen LogP contribution in [0.4, 0.5) is 4.39 Å². The predicted molar refractivity (Wildman–Crippen MR) is 216 cm³/mol. The van der Waals surface area contributed by atoms with Crippen LogP contribution in [0.5, 0.6) is 11.6 Å². The van der Waals surface area contributed by atoms with Crippen LogP contribution in [0.3, 0.4) is 0 Å². The van der Waals surface area contributed by atoms with E-state index in [4.69, 9.17) is 9.47 Å². The molecule has 3 fully saturated rings. The Kier molecular flexibility index (Phi) is 12.3. The number of pyridine rings is 1. The van der Waals surface area contributed by atoms with Crippen molar-refractivity contribution in [1.29, 1.82) is 0 Å². The Hall–Kier alpha value is -4.69. The number of nitrogens with zero attached hydrogens (tertiary/aromatic N) is 5. The molecule has 8 rings (SSSR count). The van der Waals surface area contributed by atoms with Gasteiger partial charge in [-0.15, -0.1) is 0 Å². The second-order valence-electron chi connectivity index (χ2n) is 16.4. The van der Waals surface area contributed by atoms with Gasteiger partial charge in [-0.3, -0.25) is 24.1 Å². The van der Waals surface area contributed by atoms with Gasteiger partial charge in [-0.1, -0.05) is 30.3 Å².